The molecule has 0 bridgehead atoms. The minimum atomic E-state index is -0.155. The molecule has 6 heteroatoms. The second-order valence-electron chi connectivity index (χ2n) is 7.98. The van der Waals surface area contributed by atoms with Crippen LogP contribution in [0.3, 0.4) is 0 Å². The first kappa shape index (κ1) is 18.2. The number of carbonyl (C=O) groups excluding carboxylic acids is 1. The maximum atomic E-state index is 13.0. The molecule has 1 amide bonds. The highest BCUT2D eigenvalue weighted by atomic mass is 16.5. The van der Waals surface area contributed by atoms with Gasteiger partial charge in [0.2, 0.25) is 0 Å². The first-order valence-corrected chi connectivity index (χ1v) is 9.54. The van der Waals surface area contributed by atoms with Gasteiger partial charge in [-0.05, 0) is 38.2 Å². The lowest BCUT2D eigenvalue weighted by molar-refractivity contribution is -0.0950. The maximum absolute atomic E-state index is 13.0. The molecule has 1 spiro atoms. The van der Waals surface area contributed by atoms with Crippen LogP contribution in [0, 0.1) is 19.8 Å². The number of rotatable bonds is 5. The molecule has 2 saturated heterocycles. The molecule has 2 aliphatic rings. The van der Waals surface area contributed by atoms with Crippen molar-refractivity contribution in [1.82, 2.24) is 15.1 Å². The van der Waals surface area contributed by atoms with Crippen molar-refractivity contribution in [2.45, 2.75) is 32.3 Å². The number of aromatic nitrogens is 2. The Balaban J connectivity index is 1.45. The molecule has 0 aliphatic carbocycles. The number of amides is 1. The van der Waals surface area contributed by atoms with Gasteiger partial charge in [0.15, 0.2) is 0 Å². The monoisotopic (exact) mass is 369 g/mol. The van der Waals surface area contributed by atoms with Gasteiger partial charge in [0.1, 0.15) is 5.60 Å². The SMILES string of the molecule is COCCC1COC2(C1)CN(C(=O)c1cn[nH]c1-c1ccc(C)cc1C)C2. The van der Waals surface area contributed by atoms with Crippen LogP contribution >= 0.6 is 0 Å². The standard InChI is InChI=1S/C21H27N3O3/c1-14-4-5-17(15(2)8-14)19-18(10-22-23-19)20(25)24-12-21(13-24)9-16(11-27-21)6-7-26-3/h4-5,8,10,16H,6-7,9,11-13H2,1-3H3,(H,22,23). The largest absolute Gasteiger partial charge is 0.385 e. The van der Waals surface area contributed by atoms with Crippen LogP contribution in [0.4, 0.5) is 0 Å². The van der Waals surface area contributed by atoms with E-state index in [9.17, 15) is 4.79 Å². The number of nitrogens with one attached hydrogen (secondary N) is 1. The van der Waals surface area contributed by atoms with E-state index in [0.717, 1.165) is 42.9 Å². The molecule has 1 N–H and O–H groups in total. The average molecular weight is 369 g/mol. The van der Waals surface area contributed by atoms with Crippen LogP contribution in [0.2, 0.25) is 0 Å². The molecule has 0 radical (unpaired) electrons. The Morgan fingerprint density at radius 1 is 1.41 bits per heavy atom. The number of benzene rings is 1. The summed E-state index contributed by atoms with van der Waals surface area (Å²) in [7, 11) is 1.73. The number of likely N-dealkylation sites (tertiary alicyclic amines) is 1. The van der Waals surface area contributed by atoms with Crippen molar-refractivity contribution < 1.29 is 14.3 Å². The third-order valence-electron chi connectivity index (χ3n) is 5.78. The zero-order valence-electron chi connectivity index (χ0n) is 16.2. The minimum absolute atomic E-state index is 0.0216. The summed E-state index contributed by atoms with van der Waals surface area (Å²) < 4.78 is 11.2. The van der Waals surface area contributed by atoms with Crippen molar-refractivity contribution in [3.8, 4) is 11.3 Å². The molecule has 1 unspecified atom stereocenters. The van der Waals surface area contributed by atoms with Crippen molar-refractivity contribution in [1.29, 1.82) is 0 Å². The van der Waals surface area contributed by atoms with Gasteiger partial charge in [0.25, 0.3) is 5.91 Å². The fraction of sp³-hybridized carbons (Fsp3) is 0.524. The quantitative estimate of drug-likeness (QED) is 0.880. The topological polar surface area (TPSA) is 67.5 Å². The van der Waals surface area contributed by atoms with Gasteiger partial charge in [-0.3, -0.25) is 9.89 Å². The average Bonchev–Trinajstić information content (AvgIpc) is 3.25. The van der Waals surface area contributed by atoms with Crippen molar-refractivity contribution in [2.75, 3.05) is 33.4 Å². The van der Waals surface area contributed by atoms with Crippen LogP contribution in [0.25, 0.3) is 11.3 Å². The Morgan fingerprint density at radius 2 is 2.22 bits per heavy atom. The first-order chi connectivity index (χ1) is 13.0. The van der Waals surface area contributed by atoms with Gasteiger partial charge in [-0.15, -0.1) is 0 Å². The molecule has 27 heavy (non-hydrogen) atoms. The molecule has 144 valence electrons. The van der Waals surface area contributed by atoms with E-state index in [1.807, 2.05) is 11.0 Å². The summed E-state index contributed by atoms with van der Waals surface area (Å²) in [6.45, 7) is 6.98. The number of methoxy groups -OCH3 is 1. The second-order valence-corrected chi connectivity index (χ2v) is 7.98. The predicted molar refractivity (Wildman–Crippen MR) is 103 cm³/mol. The molecule has 2 aromatic rings. The molecule has 4 rings (SSSR count). The summed E-state index contributed by atoms with van der Waals surface area (Å²) in [4.78, 5) is 14.9. The molecule has 6 nitrogen and oxygen atoms in total. The number of aryl methyl sites for hydroxylation is 2. The van der Waals surface area contributed by atoms with Gasteiger partial charge in [-0.2, -0.15) is 5.10 Å². The zero-order chi connectivity index (χ0) is 19.0. The minimum Gasteiger partial charge on any atom is -0.385 e. The van der Waals surface area contributed by atoms with E-state index < -0.39 is 0 Å². The molecule has 2 fully saturated rings. The van der Waals surface area contributed by atoms with Crippen molar-refractivity contribution in [3.05, 3.63) is 41.1 Å². The van der Waals surface area contributed by atoms with E-state index in [2.05, 4.69) is 36.2 Å². The third kappa shape index (κ3) is 3.39. The fourth-order valence-corrected chi connectivity index (χ4v) is 4.34. The number of nitrogens with zero attached hydrogens (tertiary/aromatic N) is 2. The molecule has 1 aromatic carbocycles. The van der Waals surface area contributed by atoms with Crippen LogP contribution in [0.1, 0.15) is 34.3 Å². The van der Waals surface area contributed by atoms with E-state index in [4.69, 9.17) is 9.47 Å². The predicted octanol–water partition coefficient (Wildman–Crippen LogP) is 2.96. The number of aromatic amines is 1. The van der Waals surface area contributed by atoms with E-state index in [1.165, 1.54) is 5.56 Å². The van der Waals surface area contributed by atoms with E-state index in [1.54, 1.807) is 13.3 Å². The summed E-state index contributed by atoms with van der Waals surface area (Å²) in [5.41, 5.74) is 4.63. The van der Waals surface area contributed by atoms with Crippen molar-refractivity contribution in [2.24, 2.45) is 5.92 Å². The smallest absolute Gasteiger partial charge is 0.257 e. The normalized spacial score (nSPS) is 20.9. The molecular formula is C21H27N3O3. The number of hydrogen-bond donors (Lipinski definition) is 1. The van der Waals surface area contributed by atoms with Gasteiger partial charge < -0.3 is 14.4 Å². The van der Waals surface area contributed by atoms with Crippen LogP contribution in [0.15, 0.2) is 24.4 Å². The Morgan fingerprint density at radius 3 is 2.96 bits per heavy atom. The number of ether oxygens (including phenoxy) is 2. The molecule has 1 atom stereocenters. The Labute approximate surface area is 159 Å². The Kier molecular flexibility index (Phi) is 4.78. The van der Waals surface area contributed by atoms with E-state index >= 15 is 0 Å². The lowest BCUT2D eigenvalue weighted by Gasteiger charge is -2.47. The van der Waals surface area contributed by atoms with Gasteiger partial charge in [0, 0.05) is 19.3 Å². The number of carbonyl (C=O) groups is 1. The third-order valence-corrected chi connectivity index (χ3v) is 5.78. The molecule has 2 aliphatic heterocycles. The van der Waals surface area contributed by atoms with Crippen LogP contribution in [-0.2, 0) is 9.47 Å². The summed E-state index contributed by atoms with van der Waals surface area (Å²) >= 11 is 0. The highest BCUT2D eigenvalue weighted by Crippen LogP contribution is 2.40. The highest BCUT2D eigenvalue weighted by Gasteiger charge is 2.51. The summed E-state index contributed by atoms with van der Waals surface area (Å²) in [5.74, 6) is 0.551. The number of H-pyrrole nitrogens is 1. The Bertz CT molecular complexity index is 839. The Hall–Kier alpha value is -2.18. The number of hydrogen-bond acceptors (Lipinski definition) is 4. The second kappa shape index (κ2) is 7.09. The lowest BCUT2D eigenvalue weighted by atomic mass is 9.85. The van der Waals surface area contributed by atoms with Crippen LogP contribution < -0.4 is 0 Å². The van der Waals surface area contributed by atoms with Crippen molar-refractivity contribution >= 4 is 5.91 Å². The fourth-order valence-electron chi connectivity index (χ4n) is 4.34. The van der Waals surface area contributed by atoms with Crippen LogP contribution in [0.5, 0.6) is 0 Å². The first-order valence-electron chi connectivity index (χ1n) is 9.54. The van der Waals surface area contributed by atoms with E-state index in [-0.39, 0.29) is 11.5 Å². The van der Waals surface area contributed by atoms with Gasteiger partial charge >= 0.3 is 0 Å². The van der Waals surface area contributed by atoms with Crippen LogP contribution in [-0.4, -0.2) is 60.0 Å². The van der Waals surface area contributed by atoms with Gasteiger partial charge in [-0.25, -0.2) is 0 Å². The molecular weight excluding hydrogens is 342 g/mol. The molecule has 3 heterocycles. The maximum Gasteiger partial charge on any atom is 0.257 e. The van der Waals surface area contributed by atoms with Gasteiger partial charge in [0.05, 0.1) is 37.2 Å². The highest BCUT2D eigenvalue weighted by molar-refractivity contribution is 6.00. The zero-order valence-corrected chi connectivity index (χ0v) is 16.2. The summed E-state index contributed by atoms with van der Waals surface area (Å²) in [6, 6.07) is 6.23. The summed E-state index contributed by atoms with van der Waals surface area (Å²) in [5, 5.41) is 7.16. The summed E-state index contributed by atoms with van der Waals surface area (Å²) in [6.07, 6.45) is 3.67. The van der Waals surface area contributed by atoms with E-state index in [0.29, 0.717) is 24.6 Å². The van der Waals surface area contributed by atoms with Gasteiger partial charge in [-0.1, -0.05) is 23.8 Å². The molecule has 0 saturated carbocycles. The molecule has 1 aromatic heterocycles. The lowest BCUT2D eigenvalue weighted by Crippen LogP contribution is -2.63. The van der Waals surface area contributed by atoms with Crippen molar-refractivity contribution in [3.63, 3.8) is 0 Å².